The Morgan fingerprint density at radius 2 is 1.92 bits per heavy atom. The predicted octanol–water partition coefficient (Wildman–Crippen LogP) is 5.28. The van der Waals surface area contributed by atoms with Gasteiger partial charge in [0.1, 0.15) is 5.75 Å². The van der Waals surface area contributed by atoms with Gasteiger partial charge in [0.25, 0.3) is 0 Å². The number of hydrogen-bond acceptors (Lipinski definition) is 4. The Hall–Kier alpha value is -4.19. The third-order valence-electron chi connectivity index (χ3n) is 6.67. The molecule has 0 radical (unpaired) electrons. The van der Waals surface area contributed by atoms with E-state index in [0.29, 0.717) is 18.2 Å². The van der Waals surface area contributed by atoms with Crippen molar-refractivity contribution in [2.24, 2.45) is 5.92 Å². The Labute approximate surface area is 210 Å². The van der Waals surface area contributed by atoms with E-state index in [2.05, 4.69) is 64.8 Å². The van der Waals surface area contributed by atoms with E-state index in [4.69, 9.17) is 9.84 Å². The summed E-state index contributed by atoms with van der Waals surface area (Å²) in [4.78, 5) is 15.2. The maximum absolute atomic E-state index is 10.9. The molecule has 0 aliphatic heterocycles. The second-order valence-electron chi connectivity index (χ2n) is 9.13. The molecule has 2 heterocycles. The average Bonchev–Trinajstić information content (AvgIpc) is 3.37. The fourth-order valence-electron chi connectivity index (χ4n) is 5.00. The van der Waals surface area contributed by atoms with Crippen molar-refractivity contribution in [1.29, 1.82) is 0 Å². The standard InChI is InChI=1S/C30H29N3O3/c34-29(35)21-36-28-12-4-10-24-17-22(13-14-27(24)28)7-6-16-33-20-26(19-32-33)30(23-8-2-1-3-9-23)25-11-5-15-31-18-25/h1-12,15,18-20,22,30H,13-14,16-17,21H2,(H,34,35)/b7-6+. The van der Waals surface area contributed by atoms with Gasteiger partial charge in [-0.3, -0.25) is 9.67 Å². The van der Waals surface area contributed by atoms with Crippen LogP contribution in [0.2, 0.25) is 0 Å². The van der Waals surface area contributed by atoms with Crippen molar-refractivity contribution in [3.05, 3.63) is 125 Å². The molecular formula is C30H29N3O3. The van der Waals surface area contributed by atoms with Gasteiger partial charge >= 0.3 is 5.97 Å². The minimum atomic E-state index is -0.957. The van der Waals surface area contributed by atoms with Gasteiger partial charge in [-0.15, -0.1) is 0 Å². The maximum Gasteiger partial charge on any atom is 0.341 e. The van der Waals surface area contributed by atoms with E-state index in [-0.39, 0.29) is 12.5 Å². The molecule has 0 bridgehead atoms. The first-order valence-electron chi connectivity index (χ1n) is 12.3. The molecule has 6 heteroatoms. The molecule has 0 saturated heterocycles. The molecule has 0 saturated carbocycles. The van der Waals surface area contributed by atoms with Crippen LogP contribution in [0.5, 0.6) is 5.75 Å². The molecule has 0 spiro atoms. The number of carboxylic acid groups (broad SMARTS) is 1. The number of hydrogen-bond donors (Lipinski definition) is 1. The number of aliphatic carboxylic acids is 1. The fraction of sp³-hybridized carbons (Fsp3) is 0.233. The minimum Gasteiger partial charge on any atom is -0.482 e. The Kier molecular flexibility index (Phi) is 7.22. The van der Waals surface area contributed by atoms with Crippen LogP contribution in [0.15, 0.2) is 97.6 Å². The molecule has 1 aliphatic carbocycles. The number of fused-ring (bicyclic) bond motifs is 1. The summed E-state index contributed by atoms with van der Waals surface area (Å²) in [5.41, 5.74) is 5.88. The highest BCUT2D eigenvalue weighted by atomic mass is 16.5. The van der Waals surface area contributed by atoms with Crippen molar-refractivity contribution in [3.63, 3.8) is 0 Å². The summed E-state index contributed by atoms with van der Waals surface area (Å²) in [5, 5.41) is 13.5. The van der Waals surface area contributed by atoms with Crippen molar-refractivity contribution in [2.75, 3.05) is 6.61 Å². The van der Waals surface area contributed by atoms with Crippen molar-refractivity contribution < 1.29 is 14.6 Å². The molecule has 1 N–H and O–H groups in total. The van der Waals surface area contributed by atoms with E-state index in [1.54, 1.807) is 6.20 Å². The number of carboxylic acids is 1. The summed E-state index contributed by atoms with van der Waals surface area (Å²) < 4.78 is 7.47. The van der Waals surface area contributed by atoms with Crippen LogP contribution in [0.3, 0.4) is 0 Å². The number of pyridine rings is 1. The minimum absolute atomic E-state index is 0.0880. The monoisotopic (exact) mass is 479 g/mol. The van der Waals surface area contributed by atoms with Gasteiger partial charge < -0.3 is 9.84 Å². The smallest absolute Gasteiger partial charge is 0.341 e. The highest BCUT2D eigenvalue weighted by Crippen LogP contribution is 2.33. The lowest BCUT2D eigenvalue weighted by molar-refractivity contribution is -0.139. The summed E-state index contributed by atoms with van der Waals surface area (Å²) in [5.74, 6) is 0.268. The van der Waals surface area contributed by atoms with E-state index in [0.717, 1.165) is 36.0 Å². The molecule has 2 aromatic heterocycles. The molecule has 2 atom stereocenters. The maximum atomic E-state index is 10.9. The molecule has 0 fully saturated rings. The lowest BCUT2D eigenvalue weighted by Gasteiger charge is -2.24. The van der Waals surface area contributed by atoms with Gasteiger partial charge in [-0.1, -0.05) is 60.7 Å². The van der Waals surface area contributed by atoms with Crippen molar-refractivity contribution in [3.8, 4) is 5.75 Å². The summed E-state index contributed by atoms with van der Waals surface area (Å²) >= 11 is 0. The zero-order valence-corrected chi connectivity index (χ0v) is 20.0. The molecule has 5 rings (SSSR count). The predicted molar refractivity (Wildman–Crippen MR) is 138 cm³/mol. The van der Waals surface area contributed by atoms with Crippen molar-refractivity contribution >= 4 is 5.97 Å². The van der Waals surface area contributed by atoms with Crippen molar-refractivity contribution in [2.45, 2.75) is 31.7 Å². The topological polar surface area (TPSA) is 77.2 Å². The number of benzene rings is 2. The number of carbonyl (C=O) groups is 1. The summed E-state index contributed by atoms with van der Waals surface area (Å²) in [6, 6.07) is 20.5. The second kappa shape index (κ2) is 11.0. The molecular weight excluding hydrogens is 450 g/mol. The van der Waals surface area contributed by atoms with Crippen LogP contribution in [0.25, 0.3) is 0 Å². The van der Waals surface area contributed by atoms with Gasteiger partial charge in [-0.2, -0.15) is 5.10 Å². The van der Waals surface area contributed by atoms with Gasteiger partial charge in [-0.05, 0) is 59.6 Å². The van der Waals surface area contributed by atoms with E-state index in [9.17, 15) is 4.79 Å². The first-order chi connectivity index (χ1) is 17.7. The second-order valence-corrected chi connectivity index (χ2v) is 9.13. The van der Waals surface area contributed by atoms with Crippen LogP contribution >= 0.6 is 0 Å². The molecule has 6 nitrogen and oxygen atoms in total. The van der Waals surface area contributed by atoms with Crippen LogP contribution in [0.1, 0.15) is 40.2 Å². The van der Waals surface area contributed by atoms with E-state index >= 15 is 0 Å². The Morgan fingerprint density at radius 3 is 2.72 bits per heavy atom. The number of nitrogens with zero attached hydrogens (tertiary/aromatic N) is 3. The SMILES string of the molecule is O=C(O)COc1cccc2c1CCC(/C=C/Cn1cc(C(c3ccccc3)c3cccnc3)cn1)C2. The molecule has 0 amide bonds. The molecule has 182 valence electrons. The lowest BCUT2D eigenvalue weighted by atomic mass is 9.83. The zero-order valence-electron chi connectivity index (χ0n) is 20.0. The number of aromatic nitrogens is 3. The van der Waals surface area contributed by atoms with Gasteiger partial charge in [0.15, 0.2) is 6.61 Å². The molecule has 4 aromatic rings. The summed E-state index contributed by atoms with van der Waals surface area (Å²) in [6.07, 6.45) is 15.1. The van der Waals surface area contributed by atoms with E-state index < -0.39 is 5.97 Å². The first kappa shape index (κ1) is 23.5. The Balaban J connectivity index is 1.25. The average molecular weight is 480 g/mol. The van der Waals surface area contributed by atoms with Gasteiger partial charge in [0, 0.05) is 30.1 Å². The van der Waals surface area contributed by atoms with Gasteiger partial charge in [0.2, 0.25) is 0 Å². The number of ether oxygens (including phenoxy) is 1. The van der Waals surface area contributed by atoms with Gasteiger partial charge in [-0.25, -0.2) is 4.79 Å². The van der Waals surface area contributed by atoms with Crippen molar-refractivity contribution in [1.82, 2.24) is 14.8 Å². The highest BCUT2D eigenvalue weighted by Gasteiger charge is 2.21. The third-order valence-corrected chi connectivity index (χ3v) is 6.67. The van der Waals surface area contributed by atoms with Crippen LogP contribution in [-0.4, -0.2) is 32.4 Å². The van der Waals surface area contributed by atoms with Crippen LogP contribution < -0.4 is 4.74 Å². The Morgan fingerprint density at radius 1 is 1.06 bits per heavy atom. The summed E-state index contributed by atoms with van der Waals surface area (Å²) in [7, 11) is 0. The third kappa shape index (κ3) is 5.54. The number of allylic oxidation sites excluding steroid dienone is 2. The number of rotatable bonds is 9. The van der Waals surface area contributed by atoms with Crippen LogP contribution in [-0.2, 0) is 24.2 Å². The van der Waals surface area contributed by atoms with E-state index in [1.165, 1.54) is 11.1 Å². The molecule has 2 unspecified atom stereocenters. The van der Waals surface area contributed by atoms with Crippen LogP contribution in [0.4, 0.5) is 0 Å². The molecule has 1 aliphatic rings. The first-order valence-corrected chi connectivity index (χ1v) is 12.3. The quantitative estimate of drug-likeness (QED) is 0.331. The normalized spacial score (nSPS) is 15.9. The van der Waals surface area contributed by atoms with E-state index in [1.807, 2.05) is 41.3 Å². The fourth-order valence-corrected chi connectivity index (χ4v) is 5.00. The Bertz CT molecular complexity index is 1290. The largest absolute Gasteiger partial charge is 0.482 e. The summed E-state index contributed by atoms with van der Waals surface area (Å²) in [6.45, 7) is 0.400. The molecule has 2 aromatic carbocycles. The van der Waals surface area contributed by atoms with Gasteiger partial charge in [0.05, 0.1) is 12.7 Å². The zero-order chi connectivity index (χ0) is 24.7. The highest BCUT2D eigenvalue weighted by molar-refractivity contribution is 5.68. The lowest BCUT2D eigenvalue weighted by Crippen LogP contribution is -2.16. The molecule has 36 heavy (non-hydrogen) atoms. The van der Waals surface area contributed by atoms with Crippen LogP contribution in [0, 0.1) is 5.92 Å².